The summed E-state index contributed by atoms with van der Waals surface area (Å²) in [6, 6.07) is 0. The fraction of sp³-hybridized carbons (Fsp3) is 1.00. The molecule has 13 heavy (non-hydrogen) atoms. The smallest absolute Gasteiger partial charge is 0.0568 e. The van der Waals surface area contributed by atoms with E-state index in [0.29, 0.717) is 5.92 Å². The minimum absolute atomic E-state index is 0.0235. The highest BCUT2D eigenvalue weighted by Crippen LogP contribution is 2.28. The lowest BCUT2D eigenvalue weighted by molar-refractivity contribution is 0.0639. The molecule has 1 rings (SSSR count). The van der Waals surface area contributed by atoms with Gasteiger partial charge >= 0.3 is 0 Å². The van der Waals surface area contributed by atoms with Crippen molar-refractivity contribution in [2.24, 2.45) is 5.92 Å². The Morgan fingerprint density at radius 1 is 1.08 bits per heavy atom. The van der Waals surface area contributed by atoms with Gasteiger partial charge in [0.05, 0.1) is 6.10 Å². The molecule has 1 fully saturated rings. The number of unbranched alkanes of at least 4 members (excludes halogenated alkanes) is 3. The molecule has 0 saturated heterocycles. The van der Waals surface area contributed by atoms with Crippen LogP contribution in [-0.2, 0) is 0 Å². The van der Waals surface area contributed by atoms with Crippen molar-refractivity contribution >= 4 is 0 Å². The van der Waals surface area contributed by atoms with Crippen molar-refractivity contribution in [2.75, 3.05) is 0 Å². The van der Waals surface area contributed by atoms with Crippen LogP contribution in [0.5, 0.6) is 0 Å². The fourth-order valence-corrected chi connectivity index (χ4v) is 2.36. The number of hydrogen-bond acceptors (Lipinski definition) is 1. The zero-order valence-corrected chi connectivity index (χ0v) is 8.97. The summed E-state index contributed by atoms with van der Waals surface area (Å²) in [4.78, 5) is 0. The predicted octanol–water partition coefficient (Wildman–Crippen LogP) is 3.51. The van der Waals surface area contributed by atoms with Crippen LogP contribution < -0.4 is 0 Å². The standard InChI is InChI=1S/C12H24O/c1-2-3-4-5-8-11-9-6-7-10-12(11)13/h11-13H,2-10H2,1H3/t11-,12-/m1/s1. The summed E-state index contributed by atoms with van der Waals surface area (Å²) >= 11 is 0. The van der Waals surface area contributed by atoms with Gasteiger partial charge in [0.2, 0.25) is 0 Å². The van der Waals surface area contributed by atoms with Crippen molar-refractivity contribution in [3.05, 3.63) is 0 Å². The Morgan fingerprint density at radius 3 is 2.54 bits per heavy atom. The van der Waals surface area contributed by atoms with Gasteiger partial charge in [0, 0.05) is 0 Å². The van der Waals surface area contributed by atoms with E-state index in [1.54, 1.807) is 0 Å². The van der Waals surface area contributed by atoms with Gasteiger partial charge in [0.15, 0.2) is 0 Å². The molecule has 0 radical (unpaired) electrons. The minimum atomic E-state index is 0.0235. The van der Waals surface area contributed by atoms with Gasteiger partial charge in [-0.1, -0.05) is 45.4 Å². The maximum absolute atomic E-state index is 9.73. The summed E-state index contributed by atoms with van der Waals surface area (Å²) in [5, 5.41) is 9.73. The molecule has 0 spiro atoms. The van der Waals surface area contributed by atoms with Crippen LogP contribution in [0.25, 0.3) is 0 Å². The van der Waals surface area contributed by atoms with Crippen molar-refractivity contribution in [2.45, 2.75) is 70.8 Å². The van der Waals surface area contributed by atoms with Gasteiger partial charge in [-0.25, -0.2) is 0 Å². The second-order valence-corrected chi connectivity index (χ2v) is 4.46. The minimum Gasteiger partial charge on any atom is -0.393 e. The van der Waals surface area contributed by atoms with E-state index < -0.39 is 0 Å². The average molecular weight is 184 g/mol. The first kappa shape index (κ1) is 11.0. The molecule has 1 saturated carbocycles. The highest BCUT2D eigenvalue weighted by Gasteiger charge is 2.21. The number of hydrogen-bond donors (Lipinski definition) is 1. The first-order chi connectivity index (χ1) is 6.34. The summed E-state index contributed by atoms with van der Waals surface area (Å²) in [6.45, 7) is 2.25. The molecule has 1 N–H and O–H groups in total. The maximum Gasteiger partial charge on any atom is 0.0568 e. The Kier molecular flexibility index (Phi) is 5.45. The summed E-state index contributed by atoms with van der Waals surface area (Å²) in [5.74, 6) is 0.630. The molecule has 0 amide bonds. The summed E-state index contributed by atoms with van der Waals surface area (Å²) in [7, 11) is 0. The van der Waals surface area contributed by atoms with Crippen molar-refractivity contribution in [1.82, 2.24) is 0 Å². The van der Waals surface area contributed by atoms with Crippen molar-refractivity contribution in [3.63, 3.8) is 0 Å². The van der Waals surface area contributed by atoms with Gasteiger partial charge in [-0.2, -0.15) is 0 Å². The Morgan fingerprint density at radius 2 is 1.85 bits per heavy atom. The molecule has 0 heterocycles. The molecule has 2 atom stereocenters. The van der Waals surface area contributed by atoms with Gasteiger partial charge < -0.3 is 5.11 Å². The molecule has 1 aliphatic rings. The van der Waals surface area contributed by atoms with Gasteiger partial charge in [0.25, 0.3) is 0 Å². The highest BCUT2D eigenvalue weighted by molar-refractivity contribution is 4.74. The molecule has 0 aromatic rings. The van der Waals surface area contributed by atoms with Crippen molar-refractivity contribution in [1.29, 1.82) is 0 Å². The zero-order chi connectivity index (χ0) is 9.52. The van der Waals surface area contributed by atoms with Crippen LogP contribution in [0.3, 0.4) is 0 Å². The zero-order valence-electron chi connectivity index (χ0n) is 8.97. The number of aliphatic hydroxyl groups excluding tert-OH is 1. The second-order valence-electron chi connectivity index (χ2n) is 4.46. The van der Waals surface area contributed by atoms with Crippen LogP contribution in [0.2, 0.25) is 0 Å². The molecule has 1 heteroatoms. The molecule has 0 bridgehead atoms. The number of aliphatic hydroxyl groups is 1. The Hall–Kier alpha value is -0.0400. The molecular weight excluding hydrogens is 160 g/mol. The normalized spacial score (nSPS) is 29.1. The average Bonchev–Trinajstić information content (AvgIpc) is 2.15. The third-order valence-electron chi connectivity index (χ3n) is 3.30. The van der Waals surface area contributed by atoms with E-state index in [9.17, 15) is 5.11 Å². The van der Waals surface area contributed by atoms with Crippen LogP contribution in [0.4, 0.5) is 0 Å². The van der Waals surface area contributed by atoms with Crippen molar-refractivity contribution in [3.8, 4) is 0 Å². The van der Waals surface area contributed by atoms with E-state index in [-0.39, 0.29) is 6.10 Å². The molecular formula is C12H24O. The van der Waals surface area contributed by atoms with E-state index in [2.05, 4.69) is 6.92 Å². The lowest BCUT2D eigenvalue weighted by atomic mass is 9.83. The number of rotatable bonds is 5. The fourth-order valence-electron chi connectivity index (χ4n) is 2.36. The van der Waals surface area contributed by atoms with E-state index in [1.165, 1.54) is 51.4 Å². The molecule has 0 unspecified atom stereocenters. The molecule has 0 aromatic heterocycles. The van der Waals surface area contributed by atoms with Crippen LogP contribution in [0.1, 0.15) is 64.7 Å². The lowest BCUT2D eigenvalue weighted by Crippen LogP contribution is -2.24. The van der Waals surface area contributed by atoms with E-state index in [1.807, 2.05) is 0 Å². The summed E-state index contributed by atoms with van der Waals surface area (Å²) in [6.07, 6.45) is 11.6. The van der Waals surface area contributed by atoms with Crippen LogP contribution in [0.15, 0.2) is 0 Å². The lowest BCUT2D eigenvalue weighted by Gasteiger charge is -2.27. The highest BCUT2D eigenvalue weighted by atomic mass is 16.3. The van der Waals surface area contributed by atoms with Gasteiger partial charge in [-0.15, -0.1) is 0 Å². The third kappa shape index (κ3) is 4.12. The first-order valence-electron chi connectivity index (χ1n) is 6.02. The summed E-state index contributed by atoms with van der Waals surface area (Å²) < 4.78 is 0. The maximum atomic E-state index is 9.73. The third-order valence-corrected chi connectivity index (χ3v) is 3.30. The topological polar surface area (TPSA) is 20.2 Å². The molecule has 78 valence electrons. The van der Waals surface area contributed by atoms with E-state index in [4.69, 9.17) is 0 Å². The molecule has 1 aliphatic carbocycles. The monoisotopic (exact) mass is 184 g/mol. The molecule has 1 nitrogen and oxygen atoms in total. The van der Waals surface area contributed by atoms with Crippen LogP contribution in [0, 0.1) is 5.92 Å². The van der Waals surface area contributed by atoms with Gasteiger partial charge in [-0.3, -0.25) is 0 Å². The second kappa shape index (κ2) is 6.42. The SMILES string of the molecule is CCCCCC[C@@H]1CCCC[C@H]1O. The van der Waals surface area contributed by atoms with E-state index in [0.717, 1.165) is 6.42 Å². The summed E-state index contributed by atoms with van der Waals surface area (Å²) in [5.41, 5.74) is 0. The van der Waals surface area contributed by atoms with Crippen molar-refractivity contribution < 1.29 is 5.11 Å². The largest absolute Gasteiger partial charge is 0.393 e. The quantitative estimate of drug-likeness (QED) is 0.648. The Bertz CT molecular complexity index is 122. The molecule has 0 aromatic carbocycles. The Balaban J connectivity index is 2.05. The van der Waals surface area contributed by atoms with E-state index >= 15 is 0 Å². The van der Waals surface area contributed by atoms with Crippen LogP contribution >= 0.6 is 0 Å². The molecule has 0 aliphatic heterocycles. The first-order valence-corrected chi connectivity index (χ1v) is 6.02. The van der Waals surface area contributed by atoms with Gasteiger partial charge in [0.1, 0.15) is 0 Å². The Labute approximate surface area is 82.5 Å². The van der Waals surface area contributed by atoms with Crippen LogP contribution in [-0.4, -0.2) is 11.2 Å². The predicted molar refractivity (Wildman–Crippen MR) is 56.7 cm³/mol. The van der Waals surface area contributed by atoms with Gasteiger partial charge in [-0.05, 0) is 25.2 Å².